The average molecular weight is 174 g/mol. The predicted octanol–water partition coefficient (Wildman–Crippen LogP) is 0.987. The van der Waals surface area contributed by atoms with E-state index >= 15 is 0 Å². The maximum absolute atomic E-state index is 11.5. The Morgan fingerprint density at radius 3 is 2.85 bits per heavy atom. The van der Waals surface area contributed by atoms with Gasteiger partial charge in [-0.05, 0) is 12.1 Å². The lowest BCUT2D eigenvalue weighted by Crippen LogP contribution is -2.08. The Morgan fingerprint density at radius 1 is 1.31 bits per heavy atom. The summed E-state index contributed by atoms with van der Waals surface area (Å²) in [5.74, 6) is 0. The third-order valence-corrected chi connectivity index (χ3v) is 2.01. The second-order valence-corrected chi connectivity index (χ2v) is 2.91. The van der Waals surface area contributed by atoms with Crippen LogP contribution in [0.15, 0.2) is 35.1 Å². The third-order valence-electron chi connectivity index (χ3n) is 2.01. The maximum atomic E-state index is 11.5. The Balaban J connectivity index is 2.85. The SMILES string of the molecule is NCc1cc(=O)c2ccccc2[nH]1. The first-order chi connectivity index (χ1) is 6.31. The average Bonchev–Trinajstić information content (AvgIpc) is 2.18. The number of benzene rings is 1. The fraction of sp³-hybridized carbons (Fsp3) is 0.100. The molecule has 0 saturated carbocycles. The number of aromatic amines is 1. The quantitative estimate of drug-likeness (QED) is 0.677. The fourth-order valence-corrected chi connectivity index (χ4v) is 1.36. The molecule has 0 atom stereocenters. The lowest BCUT2D eigenvalue weighted by Gasteiger charge is -2.00. The van der Waals surface area contributed by atoms with Crippen LogP contribution in [0, 0.1) is 0 Å². The molecule has 1 heterocycles. The van der Waals surface area contributed by atoms with Gasteiger partial charge in [0.1, 0.15) is 0 Å². The molecular formula is C10H10N2O. The van der Waals surface area contributed by atoms with Gasteiger partial charge < -0.3 is 10.7 Å². The van der Waals surface area contributed by atoms with Crippen molar-refractivity contribution in [2.75, 3.05) is 0 Å². The highest BCUT2D eigenvalue weighted by Crippen LogP contribution is 2.06. The molecular weight excluding hydrogens is 164 g/mol. The highest BCUT2D eigenvalue weighted by atomic mass is 16.1. The first-order valence-corrected chi connectivity index (χ1v) is 4.12. The van der Waals surface area contributed by atoms with Gasteiger partial charge in [-0.1, -0.05) is 12.1 Å². The van der Waals surface area contributed by atoms with E-state index in [1.807, 2.05) is 18.2 Å². The second-order valence-electron chi connectivity index (χ2n) is 2.91. The van der Waals surface area contributed by atoms with Gasteiger partial charge >= 0.3 is 0 Å². The normalized spacial score (nSPS) is 10.5. The molecule has 13 heavy (non-hydrogen) atoms. The molecule has 1 aromatic heterocycles. The first-order valence-electron chi connectivity index (χ1n) is 4.12. The van der Waals surface area contributed by atoms with E-state index in [1.165, 1.54) is 0 Å². The summed E-state index contributed by atoms with van der Waals surface area (Å²) >= 11 is 0. The number of nitrogens with one attached hydrogen (secondary N) is 1. The van der Waals surface area contributed by atoms with Gasteiger partial charge in [0, 0.05) is 29.2 Å². The highest BCUT2D eigenvalue weighted by Gasteiger charge is 1.98. The summed E-state index contributed by atoms with van der Waals surface area (Å²) in [6.07, 6.45) is 0. The van der Waals surface area contributed by atoms with Crippen molar-refractivity contribution in [3.8, 4) is 0 Å². The highest BCUT2D eigenvalue weighted by molar-refractivity contribution is 5.78. The van der Waals surface area contributed by atoms with Crippen molar-refractivity contribution in [3.05, 3.63) is 46.2 Å². The largest absolute Gasteiger partial charge is 0.357 e. The topological polar surface area (TPSA) is 58.9 Å². The van der Waals surface area contributed by atoms with Crippen molar-refractivity contribution in [1.82, 2.24) is 4.98 Å². The minimum atomic E-state index is 0.0230. The molecule has 3 heteroatoms. The number of pyridine rings is 1. The summed E-state index contributed by atoms with van der Waals surface area (Å²) < 4.78 is 0. The number of para-hydroxylation sites is 1. The van der Waals surface area contributed by atoms with Crippen molar-refractivity contribution in [1.29, 1.82) is 0 Å². The van der Waals surface area contributed by atoms with Crippen LogP contribution in [-0.2, 0) is 6.54 Å². The van der Waals surface area contributed by atoms with Crippen molar-refractivity contribution in [3.63, 3.8) is 0 Å². The van der Waals surface area contributed by atoms with Crippen molar-refractivity contribution >= 4 is 10.9 Å². The molecule has 0 unspecified atom stereocenters. The molecule has 66 valence electrons. The molecule has 0 spiro atoms. The number of hydrogen-bond acceptors (Lipinski definition) is 2. The number of H-pyrrole nitrogens is 1. The summed E-state index contributed by atoms with van der Waals surface area (Å²) in [6, 6.07) is 8.95. The van der Waals surface area contributed by atoms with Crippen LogP contribution in [0.25, 0.3) is 10.9 Å². The van der Waals surface area contributed by atoms with Gasteiger partial charge in [-0.2, -0.15) is 0 Å². The molecule has 0 aliphatic carbocycles. The van der Waals surface area contributed by atoms with Gasteiger partial charge in [0.15, 0.2) is 5.43 Å². The molecule has 0 radical (unpaired) electrons. The first kappa shape index (κ1) is 8.01. The number of rotatable bonds is 1. The van der Waals surface area contributed by atoms with Crippen LogP contribution in [0.4, 0.5) is 0 Å². The predicted molar refractivity (Wildman–Crippen MR) is 52.5 cm³/mol. The van der Waals surface area contributed by atoms with Gasteiger partial charge in [0.2, 0.25) is 0 Å². The summed E-state index contributed by atoms with van der Waals surface area (Å²) in [7, 11) is 0. The number of nitrogens with two attached hydrogens (primary N) is 1. The number of hydrogen-bond donors (Lipinski definition) is 2. The molecule has 3 N–H and O–H groups in total. The fourth-order valence-electron chi connectivity index (χ4n) is 1.36. The summed E-state index contributed by atoms with van der Waals surface area (Å²) in [5.41, 5.74) is 7.07. The minimum Gasteiger partial charge on any atom is -0.357 e. The van der Waals surface area contributed by atoms with E-state index in [-0.39, 0.29) is 5.43 Å². The molecule has 1 aromatic carbocycles. The van der Waals surface area contributed by atoms with E-state index in [0.717, 1.165) is 11.2 Å². The molecule has 3 nitrogen and oxygen atoms in total. The number of fused-ring (bicyclic) bond motifs is 1. The monoisotopic (exact) mass is 174 g/mol. The van der Waals surface area contributed by atoms with Crippen LogP contribution in [0.2, 0.25) is 0 Å². The Morgan fingerprint density at radius 2 is 2.08 bits per heavy atom. The van der Waals surface area contributed by atoms with E-state index in [0.29, 0.717) is 11.9 Å². The van der Waals surface area contributed by atoms with Crippen LogP contribution < -0.4 is 11.2 Å². The standard InChI is InChI=1S/C10H10N2O/c11-6-7-5-10(13)8-3-1-2-4-9(8)12-7/h1-5H,6,11H2,(H,12,13). The zero-order valence-electron chi connectivity index (χ0n) is 7.08. The molecule has 0 saturated heterocycles. The molecule has 2 aromatic rings. The van der Waals surface area contributed by atoms with Gasteiger partial charge in [-0.15, -0.1) is 0 Å². The Bertz CT molecular complexity index is 487. The molecule has 0 aliphatic rings. The van der Waals surface area contributed by atoms with Gasteiger partial charge in [0.05, 0.1) is 0 Å². The van der Waals surface area contributed by atoms with Gasteiger partial charge in [-0.25, -0.2) is 0 Å². The lowest BCUT2D eigenvalue weighted by molar-refractivity contribution is 1.00. The van der Waals surface area contributed by atoms with Gasteiger partial charge in [0.25, 0.3) is 0 Å². The Labute approximate surface area is 75.2 Å². The maximum Gasteiger partial charge on any atom is 0.189 e. The van der Waals surface area contributed by atoms with E-state index in [4.69, 9.17) is 5.73 Å². The Kier molecular flexibility index (Phi) is 1.87. The molecule has 0 fully saturated rings. The van der Waals surface area contributed by atoms with Gasteiger partial charge in [-0.3, -0.25) is 4.79 Å². The zero-order valence-corrected chi connectivity index (χ0v) is 7.08. The van der Waals surface area contributed by atoms with Crippen LogP contribution in [0.5, 0.6) is 0 Å². The molecule has 0 bridgehead atoms. The Hall–Kier alpha value is -1.61. The molecule has 0 aliphatic heterocycles. The van der Waals surface area contributed by atoms with Crippen LogP contribution in [0.3, 0.4) is 0 Å². The van der Waals surface area contributed by atoms with Crippen molar-refractivity contribution < 1.29 is 0 Å². The second kappa shape index (κ2) is 3.03. The van der Waals surface area contributed by atoms with E-state index in [9.17, 15) is 4.79 Å². The lowest BCUT2D eigenvalue weighted by atomic mass is 10.2. The number of aromatic nitrogens is 1. The zero-order chi connectivity index (χ0) is 9.26. The van der Waals surface area contributed by atoms with E-state index in [1.54, 1.807) is 12.1 Å². The molecule has 2 rings (SSSR count). The van der Waals surface area contributed by atoms with Crippen molar-refractivity contribution in [2.24, 2.45) is 5.73 Å². The third kappa shape index (κ3) is 1.34. The summed E-state index contributed by atoms with van der Waals surface area (Å²) in [6.45, 7) is 0.361. The smallest absolute Gasteiger partial charge is 0.189 e. The van der Waals surface area contributed by atoms with Crippen molar-refractivity contribution in [2.45, 2.75) is 6.54 Å². The van der Waals surface area contributed by atoms with Crippen LogP contribution in [-0.4, -0.2) is 4.98 Å². The van der Waals surface area contributed by atoms with Crippen LogP contribution >= 0.6 is 0 Å². The molecule has 0 amide bonds. The summed E-state index contributed by atoms with van der Waals surface area (Å²) in [4.78, 5) is 14.6. The minimum absolute atomic E-state index is 0.0230. The van der Waals surface area contributed by atoms with Crippen LogP contribution in [0.1, 0.15) is 5.69 Å². The summed E-state index contributed by atoms with van der Waals surface area (Å²) in [5, 5.41) is 0.708. The van der Waals surface area contributed by atoms with E-state index < -0.39 is 0 Å². The van der Waals surface area contributed by atoms with E-state index in [2.05, 4.69) is 4.98 Å².